The fourth-order valence-electron chi connectivity index (χ4n) is 2.97. The third-order valence-corrected chi connectivity index (χ3v) is 6.23. The number of azo groups is 1. The fraction of sp³-hybridized carbons (Fsp3) is 0.0909. The quantitative estimate of drug-likeness (QED) is 0.225. The summed E-state index contributed by atoms with van der Waals surface area (Å²) in [4.78, 5) is 3.29. The molecule has 0 aliphatic rings. The average molecular weight is 480 g/mol. The van der Waals surface area contributed by atoms with Gasteiger partial charge in [0.15, 0.2) is 0 Å². The van der Waals surface area contributed by atoms with Gasteiger partial charge in [-0.15, -0.1) is 16.9 Å². The highest BCUT2D eigenvalue weighted by molar-refractivity contribution is 7.98. The summed E-state index contributed by atoms with van der Waals surface area (Å²) >= 11 is 14.0. The van der Waals surface area contributed by atoms with Gasteiger partial charge >= 0.3 is 6.18 Å². The third kappa shape index (κ3) is 4.89. The van der Waals surface area contributed by atoms with Crippen LogP contribution in [0.2, 0.25) is 10.0 Å². The van der Waals surface area contributed by atoms with Crippen molar-refractivity contribution in [3.05, 3.63) is 87.9 Å². The summed E-state index contributed by atoms with van der Waals surface area (Å²) in [6, 6.07) is 17.6. The van der Waals surface area contributed by atoms with Gasteiger partial charge in [0.2, 0.25) is 0 Å². The molecule has 0 spiro atoms. The van der Waals surface area contributed by atoms with Crippen LogP contribution >= 0.6 is 35.0 Å². The number of nitrogens with zero attached hydrogens (tertiary/aromatic N) is 2. The van der Waals surface area contributed by atoms with E-state index in [2.05, 4.69) is 15.2 Å². The first-order valence-electron chi connectivity index (χ1n) is 9.08. The Hall–Kier alpha value is -2.48. The predicted octanol–water partition coefficient (Wildman–Crippen LogP) is 9.20. The molecule has 1 N–H and O–H groups in total. The Morgan fingerprint density at radius 1 is 0.871 bits per heavy atom. The van der Waals surface area contributed by atoms with Gasteiger partial charge in [-0.2, -0.15) is 18.3 Å². The minimum atomic E-state index is -4.44. The van der Waals surface area contributed by atoms with Crippen LogP contribution in [0, 0.1) is 0 Å². The number of halogens is 5. The zero-order valence-corrected chi connectivity index (χ0v) is 18.1. The van der Waals surface area contributed by atoms with Crippen LogP contribution in [0.25, 0.3) is 10.9 Å². The molecule has 0 aliphatic heterocycles. The van der Waals surface area contributed by atoms with Crippen LogP contribution in [0.4, 0.5) is 24.5 Å². The third-order valence-electron chi connectivity index (χ3n) is 4.51. The van der Waals surface area contributed by atoms with Crippen molar-refractivity contribution in [2.45, 2.75) is 17.0 Å². The van der Waals surface area contributed by atoms with E-state index in [1.807, 2.05) is 24.3 Å². The highest BCUT2D eigenvalue weighted by Crippen LogP contribution is 2.41. The molecule has 3 aromatic carbocycles. The van der Waals surface area contributed by atoms with Crippen LogP contribution in [0.15, 0.2) is 82.0 Å². The molecule has 1 aromatic heterocycles. The number of benzene rings is 3. The summed E-state index contributed by atoms with van der Waals surface area (Å²) in [5, 5.41) is 11.0. The summed E-state index contributed by atoms with van der Waals surface area (Å²) in [5.74, 6) is 0.484. The van der Waals surface area contributed by atoms with E-state index in [1.54, 1.807) is 18.2 Å². The number of hydrogen-bond donors (Lipinski definition) is 1. The molecule has 0 atom stereocenters. The summed E-state index contributed by atoms with van der Waals surface area (Å²) < 4.78 is 38.9. The minimum Gasteiger partial charge on any atom is -0.348 e. The van der Waals surface area contributed by atoms with Crippen molar-refractivity contribution in [3.63, 3.8) is 0 Å². The lowest BCUT2D eigenvalue weighted by atomic mass is 10.2. The Kier molecular flexibility index (Phi) is 6.27. The molecule has 0 fully saturated rings. The average Bonchev–Trinajstić information content (AvgIpc) is 3.09. The monoisotopic (exact) mass is 479 g/mol. The van der Waals surface area contributed by atoms with Crippen LogP contribution < -0.4 is 0 Å². The van der Waals surface area contributed by atoms with E-state index in [9.17, 15) is 13.2 Å². The van der Waals surface area contributed by atoms with E-state index in [1.165, 1.54) is 23.9 Å². The highest BCUT2D eigenvalue weighted by Gasteiger charge is 2.30. The van der Waals surface area contributed by atoms with E-state index >= 15 is 0 Å². The van der Waals surface area contributed by atoms with Gasteiger partial charge in [0.25, 0.3) is 0 Å². The van der Waals surface area contributed by atoms with E-state index in [4.69, 9.17) is 23.2 Å². The second-order valence-corrected chi connectivity index (χ2v) is 8.39. The van der Waals surface area contributed by atoms with Crippen molar-refractivity contribution in [3.8, 4) is 0 Å². The number of alkyl halides is 3. The molecular weight excluding hydrogens is 466 g/mol. The van der Waals surface area contributed by atoms with E-state index < -0.39 is 11.7 Å². The number of para-hydroxylation sites is 1. The van der Waals surface area contributed by atoms with Gasteiger partial charge in [-0.25, -0.2) is 0 Å². The van der Waals surface area contributed by atoms with Gasteiger partial charge in [0.05, 0.1) is 11.3 Å². The predicted molar refractivity (Wildman–Crippen MR) is 120 cm³/mol. The summed E-state index contributed by atoms with van der Waals surface area (Å²) in [5.41, 5.74) is 1.51. The molecular formula is C22H14Cl2F3N3S. The van der Waals surface area contributed by atoms with Gasteiger partial charge in [-0.05, 0) is 42.0 Å². The molecule has 0 amide bonds. The van der Waals surface area contributed by atoms with E-state index in [-0.39, 0.29) is 5.69 Å². The van der Waals surface area contributed by atoms with Gasteiger partial charge in [0.1, 0.15) is 10.7 Å². The number of aromatic amines is 1. The maximum absolute atomic E-state index is 13.0. The normalized spacial score (nSPS) is 12.2. The summed E-state index contributed by atoms with van der Waals surface area (Å²) in [6.45, 7) is 0. The smallest absolute Gasteiger partial charge is 0.348 e. The van der Waals surface area contributed by atoms with Crippen molar-refractivity contribution in [2.24, 2.45) is 10.2 Å². The second kappa shape index (κ2) is 8.94. The minimum absolute atomic E-state index is 0.116. The standard InChI is InChI=1S/C22H14Cl2F3N3S/c23-17-8-4-9-18(24)16(17)12-31-21-20(15-7-1-2-10-19(15)28-21)30-29-14-6-3-5-13(11-14)22(25,26)27/h1-11,28H,12H2. The van der Waals surface area contributed by atoms with Gasteiger partial charge in [-0.1, -0.05) is 53.5 Å². The van der Waals surface area contributed by atoms with Crippen LogP contribution in [0.5, 0.6) is 0 Å². The van der Waals surface area contributed by atoms with Gasteiger partial charge in [-0.3, -0.25) is 0 Å². The topological polar surface area (TPSA) is 40.5 Å². The molecule has 3 nitrogen and oxygen atoms in total. The van der Waals surface area contributed by atoms with Crippen LogP contribution in [-0.2, 0) is 11.9 Å². The van der Waals surface area contributed by atoms with Gasteiger partial charge in [0, 0.05) is 26.7 Å². The lowest BCUT2D eigenvalue weighted by molar-refractivity contribution is -0.137. The molecule has 0 radical (unpaired) electrons. The van der Waals surface area contributed by atoms with E-state index in [0.717, 1.165) is 28.6 Å². The first kappa shape index (κ1) is 21.7. The molecule has 4 rings (SSSR count). The summed E-state index contributed by atoms with van der Waals surface area (Å²) in [6.07, 6.45) is -4.44. The van der Waals surface area contributed by atoms with Crippen LogP contribution in [0.3, 0.4) is 0 Å². The maximum Gasteiger partial charge on any atom is 0.416 e. The Morgan fingerprint density at radius 2 is 1.58 bits per heavy atom. The van der Waals surface area contributed by atoms with Crippen LogP contribution in [0.1, 0.15) is 11.1 Å². The van der Waals surface area contributed by atoms with Crippen molar-refractivity contribution in [1.82, 2.24) is 4.98 Å². The first-order valence-corrected chi connectivity index (χ1v) is 10.8. The SMILES string of the molecule is FC(F)(F)c1cccc(N=Nc2c(SCc3c(Cl)cccc3Cl)[nH]c3ccccc23)c1. The molecule has 31 heavy (non-hydrogen) atoms. The molecule has 158 valence electrons. The Bertz CT molecular complexity index is 1250. The Balaban J connectivity index is 1.68. The van der Waals surface area contributed by atoms with Crippen LogP contribution in [-0.4, -0.2) is 4.98 Å². The number of aromatic nitrogens is 1. The Labute approximate surface area is 190 Å². The molecule has 0 bridgehead atoms. The first-order chi connectivity index (χ1) is 14.8. The molecule has 4 aromatic rings. The maximum atomic E-state index is 13.0. The lowest BCUT2D eigenvalue weighted by Crippen LogP contribution is -2.03. The van der Waals surface area contributed by atoms with Crippen molar-refractivity contribution >= 4 is 57.2 Å². The molecule has 0 aliphatic carbocycles. The second-order valence-electron chi connectivity index (χ2n) is 6.59. The highest BCUT2D eigenvalue weighted by atomic mass is 35.5. The van der Waals surface area contributed by atoms with Gasteiger partial charge < -0.3 is 4.98 Å². The zero-order chi connectivity index (χ0) is 22.0. The number of H-pyrrole nitrogens is 1. The number of nitrogens with one attached hydrogen (secondary N) is 1. The zero-order valence-electron chi connectivity index (χ0n) is 15.8. The van der Waals surface area contributed by atoms with Crippen molar-refractivity contribution in [1.29, 1.82) is 0 Å². The number of rotatable bonds is 5. The number of thioether (sulfide) groups is 1. The molecule has 0 unspecified atom stereocenters. The number of fused-ring (bicyclic) bond motifs is 1. The molecule has 0 saturated heterocycles. The fourth-order valence-corrected chi connectivity index (χ4v) is 4.73. The molecule has 9 heteroatoms. The summed E-state index contributed by atoms with van der Waals surface area (Å²) in [7, 11) is 0. The Morgan fingerprint density at radius 3 is 2.32 bits per heavy atom. The lowest BCUT2D eigenvalue weighted by Gasteiger charge is -2.07. The molecule has 1 heterocycles. The largest absolute Gasteiger partial charge is 0.416 e. The van der Waals surface area contributed by atoms with Crippen molar-refractivity contribution < 1.29 is 13.2 Å². The van der Waals surface area contributed by atoms with E-state index in [0.29, 0.717) is 26.5 Å². The van der Waals surface area contributed by atoms with Crippen molar-refractivity contribution in [2.75, 3.05) is 0 Å². The number of hydrogen-bond acceptors (Lipinski definition) is 3. The molecule has 0 saturated carbocycles.